The number of hydrogen-bond acceptors (Lipinski definition) is 4. The van der Waals surface area contributed by atoms with Crippen LogP contribution in [0, 0.1) is 29.9 Å². The second-order valence-electron chi connectivity index (χ2n) is 3.80. The molecule has 1 unspecified atom stereocenters. The van der Waals surface area contributed by atoms with Crippen molar-refractivity contribution in [3.8, 4) is 0 Å². The van der Waals surface area contributed by atoms with Gasteiger partial charge in [-0.2, -0.15) is 5.10 Å². The Labute approximate surface area is 88.2 Å². The second kappa shape index (κ2) is 4.39. The van der Waals surface area contributed by atoms with E-state index in [4.69, 9.17) is 5.73 Å². The Kier molecular flexibility index (Phi) is 3.41. The first-order valence-corrected chi connectivity index (χ1v) is 4.85. The zero-order valence-corrected chi connectivity index (χ0v) is 9.23. The molecule has 2 N–H and O–H groups in total. The number of nitro groups is 1. The molecule has 0 aliphatic rings. The third-order valence-electron chi connectivity index (χ3n) is 2.41. The van der Waals surface area contributed by atoms with Crippen molar-refractivity contribution >= 4 is 5.69 Å². The molecular weight excluding hydrogens is 196 g/mol. The smallest absolute Gasteiger partial charge is 0.312 e. The molecule has 0 radical (unpaired) electrons. The van der Waals surface area contributed by atoms with Gasteiger partial charge in [0, 0.05) is 6.54 Å². The molecule has 1 aromatic heterocycles. The van der Waals surface area contributed by atoms with E-state index in [1.54, 1.807) is 18.5 Å². The van der Waals surface area contributed by atoms with Crippen LogP contribution in [-0.4, -0.2) is 21.2 Å². The molecule has 0 amide bonds. The van der Waals surface area contributed by atoms with Crippen molar-refractivity contribution in [3.63, 3.8) is 0 Å². The second-order valence-corrected chi connectivity index (χ2v) is 3.80. The SMILES string of the molecule is Cc1nn(CC(C)CN)c(C)c1[N+](=O)[O-]. The number of hydrogen-bond donors (Lipinski definition) is 1. The normalized spacial score (nSPS) is 12.8. The minimum absolute atomic E-state index is 0.110. The van der Waals surface area contributed by atoms with E-state index in [1.807, 2.05) is 6.92 Å². The molecule has 0 aliphatic heterocycles. The van der Waals surface area contributed by atoms with Gasteiger partial charge in [0.15, 0.2) is 0 Å². The van der Waals surface area contributed by atoms with Crippen molar-refractivity contribution in [1.82, 2.24) is 9.78 Å². The fourth-order valence-corrected chi connectivity index (χ4v) is 1.50. The van der Waals surface area contributed by atoms with Crippen LogP contribution >= 0.6 is 0 Å². The van der Waals surface area contributed by atoms with Gasteiger partial charge in [0.1, 0.15) is 11.4 Å². The topological polar surface area (TPSA) is 87.0 Å². The number of aromatic nitrogens is 2. The van der Waals surface area contributed by atoms with E-state index in [9.17, 15) is 10.1 Å². The molecule has 0 saturated carbocycles. The van der Waals surface area contributed by atoms with Gasteiger partial charge in [-0.3, -0.25) is 14.8 Å². The number of rotatable bonds is 4. The summed E-state index contributed by atoms with van der Waals surface area (Å²) in [6.07, 6.45) is 0. The molecule has 6 nitrogen and oxygen atoms in total. The summed E-state index contributed by atoms with van der Waals surface area (Å²) in [6.45, 7) is 6.52. The molecule has 1 heterocycles. The van der Waals surface area contributed by atoms with Crippen molar-refractivity contribution in [1.29, 1.82) is 0 Å². The fraction of sp³-hybridized carbons (Fsp3) is 0.667. The highest BCUT2D eigenvalue weighted by Gasteiger charge is 2.21. The quantitative estimate of drug-likeness (QED) is 0.595. The summed E-state index contributed by atoms with van der Waals surface area (Å²) in [7, 11) is 0. The monoisotopic (exact) mass is 212 g/mol. The number of nitrogens with two attached hydrogens (primary N) is 1. The van der Waals surface area contributed by atoms with Crippen molar-refractivity contribution in [3.05, 3.63) is 21.5 Å². The Morgan fingerprint density at radius 2 is 2.20 bits per heavy atom. The predicted octanol–water partition coefficient (Wildman–Crippen LogP) is 1.00. The summed E-state index contributed by atoms with van der Waals surface area (Å²) in [4.78, 5) is 10.4. The lowest BCUT2D eigenvalue weighted by molar-refractivity contribution is -0.386. The molecule has 84 valence electrons. The summed E-state index contributed by atoms with van der Waals surface area (Å²) >= 11 is 0. The lowest BCUT2D eigenvalue weighted by atomic mass is 10.2. The van der Waals surface area contributed by atoms with Gasteiger partial charge in [0.25, 0.3) is 0 Å². The summed E-state index contributed by atoms with van der Waals surface area (Å²) in [6, 6.07) is 0. The fourth-order valence-electron chi connectivity index (χ4n) is 1.50. The van der Waals surface area contributed by atoms with E-state index in [-0.39, 0.29) is 16.5 Å². The van der Waals surface area contributed by atoms with E-state index in [0.29, 0.717) is 24.5 Å². The average Bonchev–Trinajstić information content (AvgIpc) is 2.41. The van der Waals surface area contributed by atoms with E-state index >= 15 is 0 Å². The molecule has 1 aromatic rings. The third kappa shape index (κ3) is 2.33. The van der Waals surface area contributed by atoms with Crippen LogP contribution in [0.1, 0.15) is 18.3 Å². The van der Waals surface area contributed by atoms with Crippen LogP contribution in [0.2, 0.25) is 0 Å². The summed E-state index contributed by atoms with van der Waals surface area (Å²) in [5.41, 5.74) is 6.67. The van der Waals surface area contributed by atoms with E-state index in [2.05, 4.69) is 5.10 Å². The molecule has 0 spiro atoms. The van der Waals surface area contributed by atoms with Crippen LogP contribution in [-0.2, 0) is 6.54 Å². The predicted molar refractivity (Wildman–Crippen MR) is 56.6 cm³/mol. The maximum atomic E-state index is 10.7. The van der Waals surface area contributed by atoms with Crippen LogP contribution in [0.5, 0.6) is 0 Å². The van der Waals surface area contributed by atoms with Crippen LogP contribution in [0.4, 0.5) is 5.69 Å². The van der Waals surface area contributed by atoms with Gasteiger partial charge in [-0.1, -0.05) is 6.92 Å². The Morgan fingerprint density at radius 1 is 1.60 bits per heavy atom. The maximum absolute atomic E-state index is 10.7. The highest BCUT2D eigenvalue weighted by atomic mass is 16.6. The van der Waals surface area contributed by atoms with Gasteiger partial charge in [-0.15, -0.1) is 0 Å². The van der Waals surface area contributed by atoms with Crippen LogP contribution in [0.3, 0.4) is 0 Å². The standard InChI is InChI=1S/C9H16N4O2/c1-6(4-10)5-12-8(3)9(13(14)15)7(2)11-12/h6H,4-5,10H2,1-3H3. The Balaban J connectivity index is 3.01. The molecule has 6 heteroatoms. The van der Waals surface area contributed by atoms with E-state index in [1.165, 1.54) is 0 Å². The average molecular weight is 212 g/mol. The molecule has 1 atom stereocenters. The van der Waals surface area contributed by atoms with Crippen molar-refractivity contribution in [2.75, 3.05) is 6.54 Å². The molecule has 15 heavy (non-hydrogen) atoms. The number of aryl methyl sites for hydroxylation is 1. The molecule has 0 aromatic carbocycles. The summed E-state index contributed by atoms with van der Waals surface area (Å²) < 4.78 is 1.66. The molecule has 0 fully saturated rings. The first-order chi connectivity index (χ1) is 6.97. The first kappa shape index (κ1) is 11.6. The molecule has 0 bridgehead atoms. The number of nitrogens with zero attached hydrogens (tertiary/aromatic N) is 3. The van der Waals surface area contributed by atoms with Gasteiger partial charge < -0.3 is 5.73 Å². The van der Waals surface area contributed by atoms with Gasteiger partial charge in [-0.25, -0.2) is 0 Å². The lowest BCUT2D eigenvalue weighted by Crippen LogP contribution is -2.18. The zero-order chi connectivity index (χ0) is 11.6. The minimum Gasteiger partial charge on any atom is -0.330 e. The first-order valence-electron chi connectivity index (χ1n) is 4.85. The largest absolute Gasteiger partial charge is 0.330 e. The summed E-state index contributed by atoms with van der Waals surface area (Å²) in [5, 5.41) is 14.9. The van der Waals surface area contributed by atoms with Gasteiger partial charge >= 0.3 is 5.69 Å². The molecular formula is C9H16N4O2. The van der Waals surface area contributed by atoms with E-state index < -0.39 is 0 Å². The third-order valence-corrected chi connectivity index (χ3v) is 2.41. The Hall–Kier alpha value is -1.43. The maximum Gasteiger partial charge on any atom is 0.312 e. The molecule has 0 saturated heterocycles. The highest BCUT2D eigenvalue weighted by Crippen LogP contribution is 2.22. The van der Waals surface area contributed by atoms with Crippen LogP contribution in [0.25, 0.3) is 0 Å². The van der Waals surface area contributed by atoms with Crippen LogP contribution < -0.4 is 5.73 Å². The van der Waals surface area contributed by atoms with E-state index in [0.717, 1.165) is 0 Å². The molecule has 0 aliphatic carbocycles. The van der Waals surface area contributed by atoms with Crippen molar-refractivity contribution < 1.29 is 4.92 Å². The summed E-state index contributed by atoms with van der Waals surface area (Å²) in [5.74, 6) is 0.266. The molecule has 1 rings (SSSR count). The highest BCUT2D eigenvalue weighted by molar-refractivity contribution is 5.39. The van der Waals surface area contributed by atoms with Gasteiger partial charge in [0.2, 0.25) is 0 Å². The minimum atomic E-state index is -0.388. The Morgan fingerprint density at radius 3 is 2.60 bits per heavy atom. The lowest BCUT2D eigenvalue weighted by Gasteiger charge is -2.09. The zero-order valence-electron chi connectivity index (χ0n) is 9.23. The van der Waals surface area contributed by atoms with Gasteiger partial charge in [0.05, 0.1) is 4.92 Å². The van der Waals surface area contributed by atoms with Crippen LogP contribution in [0.15, 0.2) is 0 Å². The Bertz CT molecular complexity index is 372. The van der Waals surface area contributed by atoms with Gasteiger partial charge in [-0.05, 0) is 26.3 Å². The van der Waals surface area contributed by atoms with Crippen molar-refractivity contribution in [2.45, 2.75) is 27.3 Å². The van der Waals surface area contributed by atoms with Crippen molar-refractivity contribution in [2.24, 2.45) is 11.7 Å².